The lowest BCUT2D eigenvalue weighted by atomic mass is 10.1. The van der Waals surface area contributed by atoms with E-state index in [0.717, 1.165) is 37.3 Å². The number of aldehydes is 1. The van der Waals surface area contributed by atoms with Crippen LogP contribution in [-0.4, -0.2) is 28.8 Å². The monoisotopic (exact) mass is 241 g/mol. The lowest BCUT2D eigenvalue weighted by Gasteiger charge is -2.26. The molecule has 0 amide bonds. The zero-order valence-corrected chi connectivity index (χ0v) is 10.3. The van der Waals surface area contributed by atoms with Crippen molar-refractivity contribution in [3.8, 4) is 0 Å². The van der Waals surface area contributed by atoms with Crippen molar-refractivity contribution in [1.82, 2.24) is 9.38 Å². The smallest absolute Gasteiger partial charge is 0.170 e. The molecule has 4 heteroatoms. The van der Waals surface area contributed by atoms with Gasteiger partial charge in [-0.2, -0.15) is 0 Å². The molecule has 0 bridgehead atoms. The second kappa shape index (κ2) is 4.29. The second-order valence-electron chi connectivity index (χ2n) is 4.63. The van der Waals surface area contributed by atoms with Crippen LogP contribution in [-0.2, 0) is 0 Å². The Bertz CT molecular complexity index is 627. The van der Waals surface area contributed by atoms with Crippen LogP contribution in [0.2, 0.25) is 0 Å². The molecule has 1 aliphatic heterocycles. The maximum Gasteiger partial charge on any atom is 0.170 e. The SMILES string of the molecule is CC1=CCCN(c2nc3ccccn3c2C=O)C1. The van der Waals surface area contributed by atoms with Gasteiger partial charge in [0.25, 0.3) is 0 Å². The number of fused-ring (bicyclic) bond motifs is 1. The van der Waals surface area contributed by atoms with Gasteiger partial charge in [0, 0.05) is 19.3 Å². The average Bonchev–Trinajstić information content (AvgIpc) is 2.77. The molecular formula is C14H15N3O. The van der Waals surface area contributed by atoms with Crippen molar-refractivity contribution < 1.29 is 4.79 Å². The third-order valence-electron chi connectivity index (χ3n) is 3.29. The molecule has 3 heterocycles. The first-order valence-electron chi connectivity index (χ1n) is 6.12. The zero-order valence-electron chi connectivity index (χ0n) is 10.3. The number of imidazole rings is 1. The van der Waals surface area contributed by atoms with Crippen LogP contribution in [0.5, 0.6) is 0 Å². The van der Waals surface area contributed by atoms with E-state index in [1.165, 1.54) is 5.57 Å². The Balaban J connectivity index is 2.11. The Hall–Kier alpha value is -2.10. The Morgan fingerprint density at radius 2 is 2.28 bits per heavy atom. The Labute approximate surface area is 106 Å². The molecule has 0 aromatic carbocycles. The van der Waals surface area contributed by atoms with Crippen LogP contribution in [0, 0.1) is 0 Å². The van der Waals surface area contributed by atoms with Crippen LogP contribution in [0.3, 0.4) is 0 Å². The maximum atomic E-state index is 11.3. The fraction of sp³-hybridized carbons (Fsp3) is 0.286. The lowest BCUT2D eigenvalue weighted by Crippen LogP contribution is -2.30. The molecule has 0 saturated heterocycles. The molecule has 18 heavy (non-hydrogen) atoms. The molecule has 0 radical (unpaired) electrons. The minimum Gasteiger partial charge on any atom is -0.350 e. The van der Waals surface area contributed by atoms with Crippen molar-refractivity contribution in [2.75, 3.05) is 18.0 Å². The van der Waals surface area contributed by atoms with Crippen LogP contribution in [0.15, 0.2) is 36.0 Å². The van der Waals surface area contributed by atoms with Gasteiger partial charge in [-0.25, -0.2) is 4.98 Å². The number of carbonyl (C=O) groups excluding carboxylic acids is 1. The maximum absolute atomic E-state index is 11.3. The van der Waals surface area contributed by atoms with Gasteiger partial charge < -0.3 is 4.90 Å². The van der Waals surface area contributed by atoms with E-state index >= 15 is 0 Å². The van der Waals surface area contributed by atoms with E-state index in [1.807, 2.05) is 28.8 Å². The molecule has 92 valence electrons. The third kappa shape index (κ3) is 1.70. The molecule has 0 aliphatic carbocycles. The quantitative estimate of drug-likeness (QED) is 0.598. The van der Waals surface area contributed by atoms with E-state index in [0.29, 0.717) is 5.69 Å². The highest BCUT2D eigenvalue weighted by Crippen LogP contribution is 2.23. The minimum absolute atomic E-state index is 0.639. The van der Waals surface area contributed by atoms with E-state index in [2.05, 4.69) is 22.9 Å². The largest absolute Gasteiger partial charge is 0.350 e. The van der Waals surface area contributed by atoms with E-state index in [-0.39, 0.29) is 0 Å². The number of anilines is 1. The Morgan fingerprint density at radius 3 is 3.06 bits per heavy atom. The van der Waals surface area contributed by atoms with Gasteiger partial charge in [0.05, 0.1) is 0 Å². The van der Waals surface area contributed by atoms with Gasteiger partial charge >= 0.3 is 0 Å². The highest BCUT2D eigenvalue weighted by molar-refractivity contribution is 5.83. The normalized spacial score (nSPS) is 15.8. The van der Waals surface area contributed by atoms with E-state index < -0.39 is 0 Å². The average molecular weight is 241 g/mol. The summed E-state index contributed by atoms with van der Waals surface area (Å²) in [4.78, 5) is 18.1. The van der Waals surface area contributed by atoms with Crippen LogP contribution >= 0.6 is 0 Å². The van der Waals surface area contributed by atoms with Gasteiger partial charge in [0.15, 0.2) is 12.1 Å². The molecule has 0 atom stereocenters. The van der Waals surface area contributed by atoms with Crippen molar-refractivity contribution in [2.24, 2.45) is 0 Å². The summed E-state index contributed by atoms with van der Waals surface area (Å²) < 4.78 is 1.84. The van der Waals surface area contributed by atoms with Gasteiger partial charge in [0.2, 0.25) is 0 Å². The zero-order chi connectivity index (χ0) is 12.5. The fourth-order valence-corrected chi connectivity index (χ4v) is 2.44. The number of hydrogen-bond donors (Lipinski definition) is 0. The topological polar surface area (TPSA) is 37.6 Å². The second-order valence-corrected chi connectivity index (χ2v) is 4.63. The van der Waals surface area contributed by atoms with E-state index in [9.17, 15) is 4.79 Å². The van der Waals surface area contributed by atoms with Crippen molar-refractivity contribution in [3.05, 3.63) is 41.7 Å². The molecule has 0 unspecified atom stereocenters. The fourth-order valence-electron chi connectivity index (χ4n) is 2.44. The Kier molecular flexibility index (Phi) is 2.63. The van der Waals surface area contributed by atoms with Crippen molar-refractivity contribution in [2.45, 2.75) is 13.3 Å². The van der Waals surface area contributed by atoms with Crippen molar-refractivity contribution in [1.29, 1.82) is 0 Å². The highest BCUT2D eigenvalue weighted by Gasteiger charge is 2.19. The van der Waals surface area contributed by atoms with Gasteiger partial charge in [-0.05, 0) is 25.5 Å². The summed E-state index contributed by atoms with van der Waals surface area (Å²) in [6, 6.07) is 5.76. The van der Waals surface area contributed by atoms with E-state index in [4.69, 9.17) is 0 Å². The number of nitrogens with zero attached hydrogens (tertiary/aromatic N) is 3. The molecule has 0 spiro atoms. The van der Waals surface area contributed by atoms with Crippen molar-refractivity contribution in [3.63, 3.8) is 0 Å². The summed E-state index contributed by atoms with van der Waals surface area (Å²) in [6.07, 6.45) is 6.02. The van der Waals surface area contributed by atoms with Gasteiger partial charge in [0.1, 0.15) is 11.3 Å². The first kappa shape index (κ1) is 11.0. The lowest BCUT2D eigenvalue weighted by molar-refractivity contribution is 0.111. The summed E-state index contributed by atoms with van der Waals surface area (Å²) in [5.74, 6) is 0.795. The predicted octanol–water partition coefficient (Wildman–Crippen LogP) is 2.30. The van der Waals surface area contributed by atoms with Crippen LogP contribution in [0.1, 0.15) is 23.8 Å². The standard InChI is InChI=1S/C14H15N3O/c1-11-5-4-7-16(9-11)14-12(10-18)17-8-3-2-6-13(17)15-14/h2-3,5-6,8,10H,4,7,9H2,1H3. The van der Waals surface area contributed by atoms with E-state index in [1.54, 1.807) is 0 Å². The summed E-state index contributed by atoms with van der Waals surface area (Å²) in [5.41, 5.74) is 2.79. The number of pyridine rings is 1. The highest BCUT2D eigenvalue weighted by atomic mass is 16.1. The number of aromatic nitrogens is 2. The molecule has 1 aliphatic rings. The van der Waals surface area contributed by atoms with Crippen molar-refractivity contribution >= 4 is 17.8 Å². The minimum atomic E-state index is 0.639. The third-order valence-corrected chi connectivity index (χ3v) is 3.29. The molecular weight excluding hydrogens is 226 g/mol. The Morgan fingerprint density at radius 1 is 1.39 bits per heavy atom. The summed E-state index contributed by atoms with van der Waals surface area (Å²) in [7, 11) is 0. The summed E-state index contributed by atoms with van der Waals surface area (Å²) in [5, 5.41) is 0. The molecule has 0 saturated carbocycles. The van der Waals surface area contributed by atoms with Gasteiger partial charge in [-0.3, -0.25) is 9.20 Å². The van der Waals surface area contributed by atoms with Crippen LogP contribution in [0.25, 0.3) is 5.65 Å². The molecule has 4 nitrogen and oxygen atoms in total. The predicted molar refractivity (Wildman–Crippen MR) is 71.2 cm³/mol. The molecule has 2 aromatic heterocycles. The number of hydrogen-bond acceptors (Lipinski definition) is 3. The van der Waals surface area contributed by atoms with Crippen LogP contribution < -0.4 is 4.90 Å². The first-order chi connectivity index (χ1) is 8.79. The summed E-state index contributed by atoms with van der Waals surface area (Å²) in [6.45, 7) is 3.88. The molecule has 0 fully saturated rings. The number of carbonyl (C=O) groups is 1. The van der Waals surface area contributed by atoms with Crippen LogP contribution in [0.4, 0.5) is 5.82 Å². The molecule has 3 rings (SSSR count). The molecule has 2 aromatic rings. The molecule has 0 N–H and O–H groups in total. The number of rotatable bonds is 2. The summed E-state index contributed by atoms with van der Waals surface area (Å²) >= 11 is 0. The van der Waals surface area contributed by atoms with Gasteiger partial charge in [-0.15, -0.1) is 0 Å². The first-order valence-corrected chi connectivity index (χ1v) is 6.12. The van der Waals surface area contributed by atoms with Gasteiger partial charge in [-0.1, -0.05) is 17.7 Å².